The first kappa shape index (κ1) is 9.43. The molecule has 0 rings (SSSR count). The molecule has 3 nitrogen and oxygen atoms in total. The van der Waals surface area contributed by atoms with Crippen molar-refractivity contribution in [2.75, 3.05) is 0 Å². The standard InChI is InChI=1S/Al.Na.H2O2.O.H/c;;1-2;;/h;;1-2H;;/q+1;;;;/p-1. The summed E-state index contributed by atoms with van der Waals surface area (Å²) in [5, 5.41) is 7.10. The van der Waals surface area contributed by atoms with Gasteiger partial charge < -0.3 is 0 Å². The summed E-state index contributed by atoms with van der Waals surface area (Å²) in [7, 11) is 0. The van der Waals surface area contributed by atoms with Gasteiger partial charge in [-0.25, -0.2) is 0 Å². The van der Waals surface area contributed by atoms with Crippen molar-refractivity contribution in [2.45, 2.75) is 0 Å². The molecule has 0 aromatic rings. The molecule has 0 saturated carbocycles. The molecule has 0 saturated heterocycles. The summed E-state index contributed by atoms with van der Waals surface area (Å²) in [4.78, 5) is 0. The Morgan fingerprint density at radius 3 is 2.00 bits per heavy atom. The van der Waals surface area contributed by atoms with E-state index in [1.807, 2.05) is 0 Å². The molecule has 0 fully saturated rings. The van der Waals surface area contributed by atoms with Crippen LogP contribution in [0.3, 0.4) is 0 Å². The van der Waals surface area contributed by atoms with E-state index in [9.17, 15) is 0 Å². The second kappa shape index (κ2) is 8.92. The molecule has 0 amide bonds. The maximum absolute atomic E-state index is 8.91. The van der Waals surface area contributed by atoms with E-state index in [1.165, 1.54) is 0 Å². The van der Waals surface area contributed by atoms with Crippen molar-refractivity contribution in [2.24, 2.45) is 0 Å². The van der Waals surface area contributed by atoms with Crippen molar-refractivity contribution >= 4 is 45.0 Å². The van der Waals surface area contributed by atoms with Crippen LogP contribution in [0.4, 0.5) is 0 Å². The molecule has 24 valence electrons. The average molecular weight is 100.0 g/mol. The predicted molar refractivity (Wildman–Crippen MR) is 17.3 cm³/mol. The van der Waals surface area contributed by atoms with E-state index in [0.717, 1.165) is 0 Å². The summed E-state index contributed by atoms with van der Waals surface area (Å²) >= 11 is -1.41. The van der Waals surface area contributed by atoms with Crippen molar-refractivity contribution in [3.63, 3.8) is 0 Å². The van der Waals surface area contributed by atoms with E-state index in [2.05, 4.69) is 3.94 Å². The first-order valence-electron chi connectivity index (χ1n) is 0.654. The maximum atomic E-state index is 8.91. The monoisotopic (exact) mass is 100.0 g/mol. The molecule has 5 heteroatoms. The Kier molecular flexibility index (Phi) is 16.8. The van der Waals surface area contributed by atoms with Crippen LogP contribution in [0, 0.1) is 0 Å². The SMILES string of the molecule is [NaH].[O]=[Al][O]O. The van der Waals surface area contributed by atoms with E-state index in [1.54, 1.807) is 0 Å². The third kappa shape index (κ3) is 11.1. The van der Waals surface area contributed by atoms with Crippen molar-refractivity contribution in [3.05, 3.63) is 0 Å². The molecule has 0 unspecified atom stereocenters. The molecule has 0 aliphatic heterocycles. The van der Waals surface area contributed by atoms with Gasteiger partial charge >= 0.3 is 58.0 Å². The molecule has 0 spiro atoms. The molecule has 5 heavy (non-hydrogen) atoms. The van der Waals surface area contributed by atoms with Crippen molar-refractivity contribution in [1.29, 1.82) is 0 Å². The Morgan fingerprint density at radius 1 is 1.80 bits per heavy atom. The van der Waals surface area contributed by atoms with E-state index in [4.69, 9.17) is 9.06 Å². The van der Waals surface area contributed by atoms with E-state index < -0.39 is 15.5 Å². The minimum atomic E-state index is -1.41. The fourth-order valence-electron chi connectivity index (χ4n) is 0. The molecule has 0 aliphatic rings. The van der Waals surface area contributed by atoms with Crippen molar-refractivity contribution in [1.82, 2.24) is 0 Å². The summed E-state index contributed by atoms with van der Waals surface area (Å²) < 4.78 is 12.0. The van der Waals surface area contributed by atoms with Crippen LogP contribution in [0.15, 0.2) is 0 Å². The summed E-state index contributed by atoms with van der Waals surface area (Å²) in [5.74, 6) is 0. The van der Waals surface area contributed by atoms with E-state index in [-0.39, 0.29) is 29.6 Å². The van der Waals surface area contributed by atoms with Gasteiger partial charge in [-0.05, 0) is 0 Å². The topological polar surface area (TPSA) is 46.5 Å². The summed E-state index contributed by atoms with van der Waals surface area (Å²) in [6.45, 7) is 0. The Balaban J connectivity index is 0. The number of hydrogen-bond acceptors (Lipinski definition) is 3. The van der Waals surface area contributed by atoms with Crippen LogP contribution in [0.5, 0.6) is 0 Å². The van der Waals surface area contributed by atoms with Gasteiger partial charge in [-0.2, -0.15) is 0 Å². The van der Waals surface area contributed by atoms with Gasteiger partial charge in [-0.3, -0.25) is 0 Å². The number of hydrogen-bond donors (Lipinski definition) is 1. The van der Waals surface area contributed by atoms with Crippen molar-refractivity contribution in [3.8, 4) is 0 Å². The van der Waals surface area contributed by atoms with Crippen LogP contribution in [-0.2, 0) is 7.74 Å². The first-order valence-corrected chi connectivity index (χ1v) is 1.60. The third-order valence-electron chi connectivity index (χ3n) is 0.0430. The fraction of sp³-hybridized carbons (Fsp3) is 0. The van der Waals surface area contributed by atoms with Gasteiger partial charge in [-0.1, -0.05) is 0 Å². The second-order valence-electron chi connectivity index (χ2n) is 0.202. The normalized spacial score (nSPS) is 3.40. The van der Waals surface area contributed by atoms with Gasteiger partial charge in [0.25, 0.3) is 0 Å². The third-order valence-corrected chi connectivity index (χ3v) is 0.129. The molecular weight excluding hydrogens is 98.0 g/mol. The summed E-state index contributed by atoms with van der Waals surface area (Å²) in [6, 6.07) is 0. The Morgan fingerprint density at radius 2 is 2.00 bits per heavy atom. The molecule has 0 aliphatic carbocycles. The van der Waals surface area contributed by atoms with Crippen LogP contribution in [0.1, 0.15) is 0 Å². The molecule has 0 aromatic carbocycles. The molecule has 1 N–H and O–H groups in total. The van der Waals surface area contributed by atoms with Crippen LogP contribution in [0.25, 0.3) is 0 Å². The predicted octanol–water partition coefficient (Wildman–Crippen LogP) is -1.21. The minimum absolute atomic E-state index is 0. The van der Waals surface area contributed by atoms with E-state index >= 15 is 0 Å². The van der Waals surface area contributed by atoms with Gasteiger partial charge in [0, 0.05) is 0 Å². The molecule has 0 atom stereocenters. The molecule has 0 radical (unpaired) electrons. The molecule has 0 heterocycles. The van der Waals surface area contributed by atoms with Gasteiger partial charge in [-0.15, -0.1) is 0 Å². The van der Waals surface area contributed by atoms with Crippen LogP contribution in [-0.4, -0.2) is 50.3 Å². The van der Waals surface area contributed by atoms with Gasteiger partial charge in [0.15, 0.2) is 0 Å². The van der Waals surface area contributed by atoms with E-state index in [0.29, 0.717) is 0 Å². The van der Waals surface area contributed by atoms with Crippen LogP contribution < -0.4 is 0 Å². The molecule has 0 aromatic heterocycles. The second-order valence-corrected chi connectivity index (χ2v) is 0.605. The average Bonchev–Trinajstić information content (AvgIpc) is 1.37. The molecule has 0 bridgehead atoms. The summed E-state index contributed by atoms with van der Waals surface area (Å²) in [6.07, 6.45) is 0. The number of rotatable bonds is 1. The Hall–Kier alpha value is 1.09. The van der Waals surface area contributed by atoms with Gasteiger partial charge in [0.2, 0.25) is 0 Å². The van der Waals surface area contributed by atoms with Gasteiger partial charge in [0.1, 0.15) is 0 Å². The zero-order valence-electron chi connectivity index (χ0n) is 1.84. The zero-order chi connectivity index (χ0) is 3.41. The zero-order valence-corrected chi connectivity index (χ0v) is 3.00. The quantitative estimate of drug-likeness (QED) is 0.255. The van der Waals surface area contributed by atoms with Crippen LogP contribution in [0.2, 0.25) is 0 Å². The first-order chi connectivity index (χ1) is 1.91. The Labute approximate surface area is 57.8 Å². The molecular formula is H2AlNaO3. The summed E-state index contributed by atoms with van der Waals surface area (Å²) in [5.41, 5.74) is 0. The van der Waals surface area contributed by atoms with Crippen molar-refractivity contribution < 1.29 is 13.0 Å². The van der Waals surface area contributed by atoms with Gasteiger partial charge in [0.05, 0.1) is 0 Å². The van der Waals surface area contributed by atoms with Crippen LogP contribution >= 0.6 is 0 Å². The Bertz CT molecular complexity index is 20.9. The fourth-order valence-corrected chi connectivity index (χ4v) is 0.